The number of hydrogen-bond donors (Lipinski definition) is 2. The Morgan fingerprint density at radius 1 is 1.16 bits per heavy atom. The number of sulfonamides is 1. The van der Waals surface area contributed by atoms with Crippen LogP contribution in [0.1, 0.15) is 11.3 Å². The molecule has 0 radical (unpaired) electrons. The van der Waals surface area contributed by atoms with Crippen molar-refractivity contribution in [3.8, 4) is 0 Å². The average molecular weight is 436 g/mol. The van der Waals surface area contributed by atoms with E-state index in [-0.39, 0.29) is 4.90 Å². The molecule has 2 aromatic heterocycles. The summed E-state index contributed by atoms with van der Waals surface area (Å²) in [5, 5.41) is 8.77. The topological polar surface area (TPSA) is 105 Å². The minimum atomic E-state index is -3.44. The van der Waals surface area contributed by atoms with Gasteiger partial charge in [0.15, 0.2) is 0 Å². The highest BCUT2D eigenvalue weighted by molar-refractivity contribution is 7.89. The molecule has 10 heteroatoms. The molecule has 2 N–H and O–H groups in total. The quantitative estimate of drug-likeness (QED) is 0.508. The van der Waals surface area contributed by atoms with Gasteiger partial charge in [-0.05, 0) is 48.9 Å². The molecule has 0 fully saturated rings. The van der Waals surface area contributed by atoms with Gasteiger partial charge in [-0.2, -0.15) is 10.1 Å². The standard InChI is InChI=1S/C21H21N7O2S/c1-13-17-7-6-16(11-18(17)26-28(13)3)27(2)20-8-9-22-21(25-20)24-15-5-4-14-12-23-31(29,30)19(14)10-15/h4-11,23H,12H2,1-3H3,(H,22,24,25). The average Bonchev–Trinajstić information content (AvgIpc) is 3.22. The summed E-state index contributed by atoms with van der Waals surface area (Å²) in [6.45, 7) is 2.36. The Morgan fingerprint density at radius 3 is 2.84 bits per heavy atom. The molecule has 0 bridgehead atoms. The first-order valence-electron chi connectivity index (χ1n) is 9.71. The Morgan fingerprint density at radius 2 is 2.00 bits per heavy atom. The van der Waals surface area contributed by atoms with E-state index in [2.05, 4.69) is 31.2 Å². The summed E-state index contributed by atoms with van der Waals surface area (Å²) in [5.74, 6) is 1.07. The van der Waals surface area contributed by atoms with Crippen LogP contribution >= 0.6 is 0 Å². The third-order valence-electron chi connectivity index (χ3n) is 5.55. The Labute approximate surface area is 179 Å². The van der Waals surface area contributed by atoms with Gasteiger partial charge >= 0.3 is 0 Å². The fraction of sp³-hybridized carbons (Fsp3) is 0.190. The van der Waals surface area contributed by atoms with Crippen molar-refractivity contribution in [2.24, 2.45) is 7.05 Å². The smallest absolute Gasteiger partial charge is 0.241 e. The second kappa shape index (κ2) is 7.03. The minimum absolute atomic E-state index is 0.282. The van der Waals surface area contributed by atoms with E-state index >= 15 is 0 Å². The van der Waals surface area contributed by atoms with Gasteiger partial charge in [-0.3, -0.25) is 4.68 Å². The third-order valence-corrected chi connectivity index (χ3v) is 7.03. The Bertz CT molecular complexity index is 1430. The molecule has 0 atom stereocenters. The third kappa shape index (κ3) is 3.39. The van der Waals surface area contributed by atoms with Crippen molar-refractivity contribution in [1.29, 1.82) is 0 Å². The summed E-state index contributed by atoms with van der Waals surface area (Å²) in [4.78, 5) is 11.1. The zero-order valence-electron chi connectivity index (χ0n) is 17.3. The summed E-state index contributed by atoms with van der Waals surface area (Å²) in [6, 6.07) is 13.1. The number of nitrogens with zero attached hydrogens (tertiary/aromatic N) is 5. The van der Waals surface area contributed by atoms with Gasteiger partial charge in [0.25, 0.3) is 0 Å². The first-order valence-corrected chi connectivity index (χ1v) is 11.2. The second-order valence-corrected chi connectivity index (χ2v) is 9.22. The summed E-state index contributed by atoms with van der Waals surface area (Å²) in [7, 11) is 0.415. The first-order chi connectivity index (χ1) is 14.8. The molecule has 4 aromatic rings. The number of benzene rings is 2. The van der Waals surface area contributed by atoms with Crippen LogP contribution < -0.4 is 14.9 Å². The van der Waals surface area contributed by atoms with Crippen molar-refractivity contribution in [1.82, 2.24) is 24.5 Å². The fourth-order valence-corrected chi connectivity index (χ4v) is 4.93. The molecule has 0 saturated heterocycles. The van der Waals surface area contributed by atoms with Crippen molar-refractivity contribution < 1.29 is 8.42 Å². The van der Waals surface area contributed by atoms with Crippen LogP contribution in [0.5, 0.6) is 0 Å². The van der Waals surface area contributed by atoms with Crippen molar-refractivity contribution in [3.63, 3.8) is 0 Å². The van der Waals surface area contributed by atoms with Gasteiger partial charge in [0.1, 0.15) is 5.82 Å². The summed E-state index contributed by atoms with van der Waals surface area (Å²) >= 11 is 0. The molecule has 3 heterocycles. The zero-order valence-corrected chi connectivity index (χ0v) is 18.1. The summed E-state index contributed by atoms with van der Waals surface area (Å²) in [5.41, 5.74) is 4.34. The van der Waals surface area contributed by atoms with Gasteiger partial charge in [0, 0.05) is 49.3 Å². The molecule has 0 aliphatic carbocycles. The van der Waals surface area contributed by atoms with E-state index in [9.17, 15) is 8.42 Å². The molecule has 0 unspecified atom stereocenters. The molecule has 1 aliphatic rings. The SMILES string of the molecule is Cc1c2ccc(N(C)c3ccnc(Nc4ccc5c(c4)S(=O)(=O)NC5)n3)cc2nn1C. The lowest BCUT2D eigenvalue weighted by molar-refractivity contribution is 0.589. The van der Waals surface area contributed by atoms with E-state index in [1.54, 1.807) is 18.3 Å². The molecule has 0 spiro atoms. The molecule has 0 saturated carbocycles. The zero-order chi connectivity index (χ0) is 21.8. The largest absolute Gasteiger partial charge is 0.329 e. The molecule has 0 amide bonds. The van der Waals surface area contributed by atoms with Gasteiger partial charge in [0.05, 0.1) is 10.4 Å². The molecule has 31 heavy (non-hydrogen) atoms. The molecule has 1 aliphatic heterocycles. The van der Waals surface area contributed by atoms with Crippen LogP contribution in [-0.2, 0) is 23.6 Å². The van der Waals surface area contributed by atoms with Crippen LogP contribution in [0.2, 0.25) is 0 Å². The van der Waals surface area contributed by atoms with E-state index in [0.717, 1.165) is 27.8 Å². The van der Waals surface area contributed by atoms with Crippen molar-refractivity contribution >= 4 is 44.1 Å². The number of anilines is 4. The molecular weight excluding hydrogens is 414 g/mol. The van der Waals surface area contributed by atoms with E-state index < -0.39 is 10.0 Å². The maximum Gasteiger partial charge on any atom is 0.241 e. The lowest BCUT2D eigenvalue weighted by Gasteiger charge is -2.19. The van der Waals surface area contributed by atoms with Crippen LogP contribution in [-0.4, -0.2) is 35.2 Å². The molecular formula is C21H21N7O2S. The summed E-state index contributed by atoms with van der Waals surface area (Å²) in [6.07, 6.45) is 1.66. The Kier molecular flexibility index (Phi) is 4.42. The molecule has 2 aromatic carbocycles. The predicted molar refractivity (Wildman–Crippen MR) is 119 cm³/mol. The van der Waals surface area contributed by atoms with E-state index in [1.807, 2.05) is 54.9 Å². The van der Waals surface area contributed by atoms with Crippen LogP contribution in [0, 0.1) is 6.92 Å². The first kappa shape index (κ1) is 19.5. The van der Waals surface area contributed by atoms with E-state index in [4.69, 9.17) is 0 Å². The van der Waals surface area contributed by atoms with Gasteiger partial charge in [-0.25, -0.2) is 18.1 Å². The monoisotopic (exact) mass is 435 g/mol. The fourth-order valence-electron chi connectivity index (χ4n) is 3.66. The van der Waals surface area contributed by atoms with Crippen LogP contribution in [0.15, 0.2) is 53.6 Å². The van der Waals surface area contributed by atoms with E-state index in [1.165, 1.54) is 0 Å². The molecule has 158 valence electrons. The van der Waals surface area contributed by atoms with Crippen LogP contribution in [0.3, 0.4) is 0 Å². The lowest BCUT2D eigenvalue weighted by atomic mass is 10.2. The molecule has 9 nitrogen and oxygen atoms in total. The number of nitrogens with one attached hydrogen (secondary N) is 2. The maximum absolute atomic E-state index is 12.1. The van der Waals surface area contributed by atoms with Gasteiger partial charge < -0.3 is 10.2 Å². The highest BCUT2D eigenvalue weighted by Gasteiger charge is 2.25. The maximum atomic E-state index is 12.1. The Balaban J connectivity index is 1.43. The predicted octanol–water partition coefficient (Wildman–Crippen LogP) is 2.98. The lowest BCUT2D eigenvalue weighted by Crippen LogP contribution is -2.14. The normalized spacial score (nSPS) is 14.5. The van der Waals surface area contributed by atoms with Crippen LogP contribution in [0.25, 0.3) is 10.9 Å². The highest BCUT2D eigenvalue weighted by atomic mass is 32.2. The number of fused-ring (bicyclic) bond motifs is 2. The summed E-state index contributed by atoms with van der Waals surface area (Å²) < 4.78 is 28.6. The van der Waals surface area contributed by atoms with Gasteiger partial charge in [-0.1, -0.05) is 6.07 Å². The Hall–Kier alpha value is -3.50. The van der Waals surface area contributed by atoms with Crippen molar-refractivity contribution in [2.45, 2.75) is 18.4 Å². The number of rotatable bonds is 4. The number of hydrogen-bond acceptors (Lipinski definition) is 7. The highest BCUT2D eigenvalue weighted by Crippen LogP contribution is 2.29. The number of aryl methyl sites for hydroxylation is 2. The van der Waals surface area contributed by atoms with E-state index in [0.29, 0.717) is 24.0 Å². The number of aromatic nitrogens is 4. The van der Waals surface area contributed by atoms with Gasteiger partial charge in [0.2, 0.25) is 16.0 Å². The minimum Gasteiger partial charge on any atom is -0.329 e. The van der Waals surface area contributed by atoms with Crippen molar-refractivity contribution in [2.75, 3.05) is 17.3 Å². The second-order valence-electron chi connectivity index (χ2n) is 7.48. The van der Waals surface area contributed by atoms with Crippen molar-refractivity contribution in [3.05, 3.63) is 59.9 Å². The van der Waals surface area contributed by atoms with Crippen LogP contribution in [0.4, 0.5) is 23.1 Å². The molecule has 5 rings (SSSR count). The van der Waals surface area contributed by atoms with Gasteiger partial charge in [-0.15, -0.1) is 0 Å².